The summed E-state index contributed by atoms with van der Waals surface area (Å²) in [7, 11) is 1.77. The second-order valence-corrected chi connectivity index (χ2v) is 3.23. The molecular formula is C8H12FN3. The third-order valence-electron chi connectivity index (χ3n) is 2.38. The quantitative estimate of drug-likeness (QED) is 0.666. The van der Waals surface area contributed by atoms with Gasteiger partial charge in [-0.25, -0.2) is 4.39 Å². The summed E-state index contributed by atoms with van der Waals surface area (Å²) in [5.41, 5.74) is -0.530. The molecule has 1 fully saturated rings. The first-order valence-electron chi connectivity index (χ1n) is 4.10. The van der Waals surface area contributed by atoms with Gasteiger partial charge in [-0.05, 0) is 12.6 Å². The van der Waals surface area contributed by atoms with Crippen molar-refractivity contribution in [3.63, 3.8) is 0 Å². The van der Waals surface area contributed by atoms with Crippen molar-refractivity contribution in [1.82, 2.24) is 15.1 Å². The molecule has 0 aromatic carbocycles. The van der Waals surface area contributed by atoms with Crippen LogP contribution in [0, 0.1) is 0 Å². The Morgan fingerprint density at radius 1 is 1.75 bits per heavy atom. The maximum absolute atomic E-state index is 14.0. The molecule has 1 unspecified atom stereocenters. The predicted molar refractivity (Wildman–Crippen MR) is 43.5 cm³/mol. The minimum Gasteiger partial charge on any atom is -0.313 e. The van der Waals surface area contributed by atoms with Crippen LogP contribution in [-0.2, 0) is 12.7 Å². The second-order valence-electron chi connectivity index (χ2n) is 3.23. The van der Waals surface area contributed by atoms with Crippen LogP contribution in [0.25, 0.3) is 0 Å². The lowest BCUT2D eigenvalue weighted by molar-refractivity contribution is 0.179. The maximum atomic E-state index is 14.0. The van der Waals surface area contributed by atoms with E-state index in [1.165, 1.54) is 0 Å². The van der Waals surface area contributed by atoms with Crippen LogP contribution in [0.15, 0.2) is 12.3 Å². The maximum Gasteiger partial charge on any atom is 0.165 e. The fraction of sp³-hybridized carbons (Fsp3) is 0.625. The Balaban J connectivity index is 2.34. The number of nitrogens with zero attached hydrogens (tertiary/aromatic N) is 2. The summed E-state index contributed by atoms with van der Waals surface area (Å²) in [4.78, 5) is 0. The highest BCUT2D eigenvalue weighted by molar-refractivity contribution is 5.14. The third kappa shape index (κ3) is 1.03. The molecule has 12 heavy (non-hydrogen) atoms. The van der Waals surface area contributed by atoms with Crippen LogP contribution >= 0.6 is 0 Å². The Morgan fingerprint density at radius 3 is 3.08 bits per heavy atom. The van der Waals surface area contributed by atoms with Gasteiger partial charge in [0.05, 0.1) is 5.69 Å². The average molecular weight is 169 g/mol. The van der Waals surface area contributed by atoms with E-state index in [0.717, 1.165) is 6.54 Å². The van der Waals surface area contributed by atoms with Gasteiger partial charge in [0, 0.05) is 26.2 Å². The highest BCUT2D eigenvalue weighted by Crippen LogP contribution is 2.31. The summed E-state index contributed by atoms with van der Waals surface area (Å²) < 4.78 is 15.6. The van der Waals surface area contributed by atoms with Crippen molar-refractivity contribution in [2.45, 2.75) is 12.1 Å². The van der Waals surface area contributed by atoms with E-state index in [0.29, 0.717) is 18.7 Å². The van der Waals surface area contributed by atoms with Gasteiger partial charge in [-0.2, -0.15) is 5.10 Å². The van der Waals surface area contributed by atoms with E-state index in [-0.39, 0.29) is 0 Å². The van der Waals surface area contributed by atoms with Crippen molar-refractivity contribution in [2.24, 2.45) is 7.05 Å². The van der Waals surface area contributed by atoms with Crippen LogP contribution < -0.4 is 5.32 Å². The second kappa shape index (κ2) is 2.55. The first-order valence-corrected chi connectivity index (χ1v) is 4.10. The zero-order valence-electron chi connectivity index (χ0n) is 7.05. The highest BCUT2D eigenvalue weighted by atomic mass is 19.1. The fourth-order valence-electron chi connectivity index (χ4n) is 1.69. The summed E-state index contributed by atoms with van der Waals surface area (Å²) >= 11 is 0. The van der Waals surface area contributed by atoms with Crippen LogP contribution in [0.4, 0.5) is 4.39 Å². The number of aryl methyl sites for hydroxylation is 1. The Hall–Kier alpha value is -0.900. The van der Waals surface area contributed by atoms with Crippen molar-refractivity contribution >= 4 is 0 Å². The number of aromatic nitrogens is 2. The number of nitrogens with one attached hydrogen (secondary N) is 1. The molecule has 1 aliphatic heterocycles. The summed E-state index contributed by atoms with van der Waals surface area (Å²) in [5.74, 6) is 0. The largest absolute Gasteiger partial charge is 0.313 e. The molecular weight excluding hydrogens is 157 g/mol. The van der Waals surface area contributed by atoms with Gasteiger partial charge in [-0.3, -0.25) is 4.68 Å². The fourth-order valence-corrected chi connectivity index (χ4v) is 1.69. The van der Waals surface area contributed by atoms with Crippen molar-refractivity contribution in [2.75, 3.05) is 13.1 Å². The van der Waals surface area contributed by atoms with Gasteiger partial charge in [0.1, 0.15) is 0 Å². The van der Waals surface area contributed by atoms with Gasteiger partial charge in [-0.15, -0.1) is 0 Å². The van der Waals surface area contributed by atoms with Gasteiger partial charge in [0.25, 0.3) is 0 Å². The number of alkyl halides is 1. The number of hydrogen-bond acceptors (Lipinski definition) is 2. The molecule has 1 saturated heterocycles. The molecule has 0 bridgehead atoms. The molecule has 1 atom stereocenters. The molecule has 4 heteroatoms. The Labute approximate surface area is 70.6 Å². The van der Waals surface area contributed by atoms with Gasteiger partial charge in [0.2, 0.25) is 0 Å². The molecule has 3 nitrogen and oxygen atoms in total. The van der Waals surface area contributed by atoms with Crippen LogP contribution in [0.3, 0.4) is 0 Å². The van der Waals surface area contributed by atoms with Gasteiger partial charge in [0.15, 0.2) is 5.67 Å². The normalized spacial score (nSPS) is 29.5. The van der Waals surface area contributed by atoms with Crippen LogP contribution in [0.2, 0.25) is 0 Å². The number of hydrogen-bond donors (Lipinski definition) is 1. The van der Waals surface area contributed by atoms with Crippen molar-refractivity contribution < 1.29 is 4.39 Å². The summed E-state index contributed by atoms with van der Waals surface area (Å²) in [6.45, 7) is 1.16. The Kier molecular flexibility index (Phi) is 1.65. The molecule has 0 amide bonds. The van der Waals surface area contributed by atoms with Gasteiger partial charge < -0.3 is 5.32 Å². The van der Waals surface area contributed by atoms with E-state index in [1.807, 2.05) is 0 Å². The molecule has 2 heterocycles. The van der Waals surface area contributed by atoms with Gasteiger partial charge in [-0.1, -0.05) is 0 Å². The first-order chi connectivity index (χ1) is 5.72. The van der Waals surface area contributed by atoms with Crippen molar-refractivity contribution in [1.29, 1.82) is 0 Å². The SMILES string of the molecule is Cn1nccc1C1(F)CCNC1. The summed E-state index contributed by atoms with van der Waals surface area (Å²) in [5, 5.41) is 6.97. The molecule has 1 aromatic heterocycles. The van der Waals surface area contributed by atoms with Crippen LogP contribution in [0.1, 0.15) is 12.1 Å². The molecule has 0 aliphatic carbocycles. The third-order valence-corrected chi connectivity index (χ3v) is 2.38. The molecule has 0 spiro atoms. The van der Waals surface area contributed by atoms with Crippen LogP contribution in [-0.4, -0.2) is 22.9 Å². The molecule has 0 radical (unpaired) electrons. The van der Waals surface area contributed by atoms with E-state index in [9.17, 15) is 4.39 Å². The van der Waals surface area contributed by atoms with Gasteiger partial charge >= 0.3 is 0 Å². The van der Waals surface area contributed by atoms with Crippen molar-refractivity contribution in [3.8, 4) is 0 Å². The van der Waals surface area contributed by atoms with E-state index in [4.69, 9.17) is 0 Å². The topological polar surface area (TPSA) is 29.9 Å². The number of rotatable bonds is 1. The lowest BCUT2D eigenvalue weighted by atomic mass is 10.0. The lowest BCUT2D eigenvalue weighted by Gasteiger charge is -2.17. The Bertz CT molecular complexity index is 276. The molecule has 1 aliphatic rings. The van der Waals surface area contributed by atoms with E-state index in [2.05, 4.69) is 10.4 Å². The molecule has 2 rings (SSSR count). The summed E-state index contributed by atoms with van der Waals surface area (Å²) in [6, 6.07) is 1.74. The molecule has 66 valence electrons. The minimum absolute atomic E-state index is 0.409. The minimum atomic E-state index is -1.20. The average Bonchev–Trinajstić information content (AvgIpc) is 2.59. The molecule has 1 N–H and O–H groups in total. The highest BCUT2D eigenvalue weighted by Gasteiger charge is 2.37. The number of halogens is 1. The molecule has 0 saturated carbocycles. The Morgan fingerprint density at radius 2 is 2.58 bits per heavy atom. The smallest absolute Gasteiger partial charge is 0.165 e. The van der Waals surface area contributed by atoms with Crippen LogP contribution in [0.5, 0.6) is 0 Å². The van der Waals surface area contributed by atoms with E-state index >= 15 is 0 Å². The standard InChI is InChI=1S/C8H12FN3/c1-12-7(2-4-11-12)8(9)3-5-10-6-8/h2,4,10H,3,5-6H2,1H3. The summed E-state index contributed by atoms with van der Waals surface area (Å²) in [6.07, 6.45) is 2.18. The molecule has 1 aromatic rings. The lowest BCUT2D eigenvalue weighted by Crippen LogP contribution is -2.26. The van der Waals surface area contributed by atoms with Crippen molar-refractivity contribution in [3.05, 3.63) is 18.0 Å². The zero-order valence-corrected chi connectivity index (χ0v) is 7.05. The van der Waals surface area contributed by atoms with E-state index in [1.54, 1.807) is 24.0 Å². The first kappa shape index (κ1) is 7.73. The zero-order chi connectivity index (χ0) is 8.60. The monoisotopic (exact) mass is 169 g/mol. The van der Waals surface area contributed by atoms with E-state index < -0.39 is 5.67 Å². The predicted octanol–water partition coefficient (Wildman–Crippen LogP) is 0.578.